The summed E-state index contributed by atoms with van der Waals surface area (Å²) < 4.78 is 1.31. The van der Waals surface area contributed by atoms with Gasteiger partial charge in [-0.25, -0.2) is 4.68 Å². The number of benzene rings is 1. The maximum absolute atomic E-state index is 11.1. The van der Waals surface area contributed by atoms with Gasteiger partial charge in [0.05, 0.1) is 22.6 Å². The highest BCUT2D eigenvalue weighted by Crippen LogP contribution is 2.23. The first-order valence-electron chi connectivity index (χ1n) is 5.15. The van der Waals surface area contributed by atoms with E-state index in [4.69, 9.17) is 28.8 Å². The molecule has 0 radical (unpaired) electrons. The standard InChI is InChI=1S/C11H10ClN5O2/c12-6-3-5(10(14)18)1-2-8(6)17-4-7(13)9(16-17)11(15)19/h1-4H,13H2,(H2,14,18)(H2,15,19). The first-order chi connectivity index (χ1) is 8.90. The van der Waals surface area contributed by atoms with E-state index in [1.54, 1.807) is 6.07 Å². The fourth-order valence-electron chi connectivity index (χ4n) is 1.55. The molecular formula is C11H10ClN5O2. The smallest absolute Gasteiger partial charge is 0.271 e. The lowest BCUT2D eigenvalue weighted by Crippen LogP contribution is -2.14. The van der Waals surface area contributed by atoms with Crippen molar-refractivity contribution in [3.05, 3.63) is 40.7 Å². The normalized spacial score (nSPS) is 10.4. The van der Waals surface area contributed by atoms with E-state index in [0.29, 0.717) is 5.69 Å². The highest BCUT2D eigenvalue weighted by Gasteiger charge is 2.14. The van der Waals surface area contributed by atoms with Crippen molar-refractivity contribution in [3.63, 3.8) is 0 Å². The van der Waals surface area contributed by atoms with Gasteiger partial charge in [0.1, 0.15) is 0 Å². The highest BCUT2D eigenvalue weighted by molar-refractivity contribution is 6.32. The molecule has 0 bridgehead atoms. The summed E-state index contributed by atoms with van der Waals surface area (Å²) in [7, 11) is 0. The number of amides is 2. The zero-order valence-electron chi connectivity index (χ0n) is 9.63. The SMILES string of the molecule is NC(=O)c1ccc(-n2cc(N)c(C(N)=O)n2)c(Cl)c1. The Hall–Kier alpha value is -2.54. The van der Waals surface area contributed by atoms with E-state index < -0.39 is 11.8 Å². The molecule has 1 aromatic heterocycles. The molecule has 0 fully saturated rings. The number of carbonyl (C=O) groups excluding carboxylic acids is 2. The fourth-order valence-corrected chi connectivity index (χ4v) is 1.82. The minimum Gasteiger partial charge on any atom is -0.396 e. The molecule has 7 nitrogen and oxygen atoms in total. The minimum absolute atomic E-state index is 0.0463. The Kier molecular flexibility index (Phi) is 3.14. The van der Waals surface area contributed by atoms with Crippen LogP contribution in [0.25, 0.3) is 5.69 Å². The largest absolute Gasteiger partial charge is 0.396 e. The Morgan fingerprint density at radius 1 is 1.21 bits per heavy atom. The zero-order chi connectivity index (χ0) is 14.2. The lowest BCUT2D eigenvalue weighted by Gasteiger charge is -2.05. The molecule has 0 aliphatic heterocycles. The number of aromatic nitrogens is 2. The first-order valence-corrected chi connectivity index (χ1v) is 5.52. The lowest BCUT2D eigenvalue weighted by atomic mass is 10.2. The van der Waals surface area contributed by atoms with Gasteiger partial charge in [0.15, 0.2) is 5.69 Å². The minimum atomic E-state index is -0.735. The number of hydrogen-bond donors (Lipinski definition) is 3. The molecule has 2 amide bonds. The van der Waals surface area contributed by atoms with Crippen molar-refractivity contribution in [1.29, 1.82) is 0 Å². The quantitative estimate of drug-likeness (QED) is 0.746. The van der Waals surface area contributed by atoms with Crippen molar-refractivity contribution in [2.24, 2.45) is 11.5 Å². The van der Waals surface area contributed by atoms with Crippen molar-refractivity contribution in [3.8, 4) is 5.69 Å². The van der Waals surface area contributed by atoms with Crippen LogP contribution in [-0.2, 0) is 0 Å². The third kappa shape index (κ3) is 2.36. The van der Waals surface area contributed by atoms with Crippen LogP contribution in [0.2, 0.25) is 5.02 Å². The molecule has 0 spiro atoms. The number of carbonyl (C=O) groups is 2. The van der Waals surface area contributed by atoms with Crippen LogP contribution in [0, 0.1) is 0 Å². The number of nitrogens with zero attached hydrogens (tertiary/aromatic N) is 2. The average Bonchev–Trinajstić information content (AvgIpc) is 2.71. The van der Waals surface area contributed by atoms with Gasteiger partial charge in [-0.15, -0.1) is 0 Å². The van der Waals surface area contributed by atoms with Gasteiger partial charge < -0.3 is 17.2 Å². The van der Waals surface area contributed by atoms with Crippen molar-refractivity contribution < 1.29 is 9.59 Å². The second kappa shape index (κ2) is 4.62. The Labute approximate surface area is 112 Å². The van der Waals surface area contributed by atoms with Crippen molar-refractivity contribution >= 4 is 29.1 Å². The monoisotopic (exact) mass is 279 g/mol. The maximum atomic E-state index is 11.1. The van der Waals surface area contributed by atoms with Crippen LogP contribution in [-0.4, -0.2) is 21.6 Å². The predicted molar refractivity (Wildman–Crippen MR) is 70.0 cm³/mol. The Bertz CT molecular complexity index is 680. The molecule has 2 aromatic rings. The van der Waals surface area contributed by atoms with E-state index in [1.807, 2.05) is 0 Å². The number of rotatable bonds is 3. The van der Waals surface area contributed by atoms with Crippen LogP contribution in [0.4, 0.5) is 5.69 Å². The third-order valence-electron chi connectivity index (χ3n) is 2.45. The Balaban J connectivity index is 2.50. The summed E-state index contributed by atoms with van der Waals surface area (Å²) in [6.45, 7) is 0. The molecule has 0 unspecified atom stereocenters. The molecule has 0 saturated heterocycles. The summed E-state index contributed by atoms with van der Waals surface area (Å²) in [4.78, 5) is 22.1. The third-order valence-corrected chi connectivity index (χ3v) is 2.76. The summed E-state index contributed by atoms with van der Waals surface area (Å²) in [5, 5.41) is 4.18. The van der Waals surface area contributed by atoms with Crippen molar-refractivity contribution in [2.75, 3.05) is 5.73 Å². The van der Waals surface area contributed by atoms with Gasteiger partial charge in [-0.2, -0.15) is 5.10 Å². The second-order valence-corrected chi connectivity index (χ2v) is 4.18. The number of anilines is 1. The number of nitrogen functional groups attached to an aromatic ring is 1. The number of hydrogen-bond acceptors (Lipinski definition) is 4. The molecule has 2 rings (SSSR count). The Morgan fingerprint density at radius 3 is 2.37 bits per heavy atom. The molecule has 0 atom stereocenters. The van der Waals surface area contributed by atoms with Crippen molar-refractivity contribution in [2.45, 2.75) is 0 Å². The van der Waals surface area contributed by atoms with E-state index in [0.717, 1.165) is 0 Å². The average molecular weight is 280 g/mol. The molecule has 1 aromatic carbocycles. The summed E-state index contributed by atoms with van der Waals surface area (Å²) >= 11 is 6.02. The number of primary amides is 2. The molecule has 19 heavy (non-hydrogen) atoms. The maximum Gasteiger partial charge on any atom is 0.271 e. The number of nitrogens with two attached hydrogens (primary N) is 3. The molecule has 0 aliphatic rings. The van der Waals surface area contributed by atoms with E-state index in [9.17, 15) is 9.59 Å². The van der Waals surface area contributed by atoms with E-state index >= 15 is 0 Å². The predicted octanol–water partition coefficient (Wildman–Crippen LogP) is 0.306. The van der Waals surface area contributed by atoms with Crippen molar-refractivity contribution in [1.82, 2.24) is 9.78 Å². The van der Waals surface area contributed by atoms with Gasteiger partial charge in [-0.3, -0.25) is 9.59 Å². The zero-order valence-corrected chi connectivity index (χ0v) is 10.4. The summed E-state index contributed by atoms with van der Waals surface area (Å²) in [6, 6.07) is 4.44. The molecule has 1 heterocycles. The Morgan fingerprint density at radius 2 is 1.89 bits per heavy atom. The van der Waals surface area contributed by atoms with Crippen LogP contribution < -0.4 is 17.2 Å². The van der Waals surface area contributed by atoms with E-state index in [-0.39, 0.29) is 22.0 Å². The molecule has 0 saturated carbocycles. The number of halogens is 1. The summed E-state index contributed by atoms with van der Waals surface area (Å²) in [5.41, 5.74) is 16.7. The summed E-state index contributed by atoms with van der Waals surface area (Å²) in [6.07, 6.45) is 1.41. The first kappa shape index (κ1) is 12.9. The van der Waals surface area contributed by atoms with Crippen LogP contribution in [0.15, 0.2) is 24.4 Å². The second-order valence-electron chi connectivity index (χ2n) is 3.77. The van der Waals surface area contributed by atoms with E-state index in [1.165, 1.54) is 23.0 Å². The van der Waals surface area contributed by atoms with Gasteiger partial charge in [-0.05, 0) is 18.2 Å². The van der Waals surface area contributed by atoms with Crippen LogP contribution in [0.3, 0.4) is 0 Å². The molecule has 8 heteroatoms. The molecule has 0 aliphatic carbocycles. The van der Waals surface area contributed by atoms with Crippen LogP contribution in [0.1, 0.15) is 20.8 Å². The highest BCUT2D eigenvalue weighted by atomic mass is 35.5. The van der Waals surface area contributed by atoms with Crippen LogP contribution in [0.5, 0.6) is 0 Å². The fraction of sp³-hybridized carbons (Fsp3) is 0. The lowest BCUT2D eigenvalue weighted by molar-refractivity contribution is 0.0989. The van der Waals surface area contributed by atoms with Gasteiger partial charge in [0.2, 0.25) is 5.91 Å². The van der Waals surface area contributed by atoms with Gasteiger partial charge in [-0.1, -0.05) is 11.6 Å². The van der Waals surface area contributed by atoms with Gasteiger partial charge in [0, 0.05) is 5.56 Å². The topological polar surface area (TPSA) is 130 Å². The van der Waals surface area contributed by atoms with E-state index in [2.05, 4.69) is 5.10 Å². The molecule has 6 N–H and O–H groups in total. The van der Waals surface area contributed by atoms with Gasteiger partial charge in [0.25, 0.3) is 5.91 Å². The summed E-state index contributed by atoms with van der Waals surface area (Å²) in [5.74, 6) is -1.33. The van der Waals surface area contributed by atoms with Gasteiger partial charge >= 0.3 is 0 Å². The molecule has 98 valence electrons. The molecular weight excluding hydrogens is 270 g/mol. The van der Waals surface area contributed by atoms with Crippen LogP contribution >= 0.6 is 11.6 Å².